The van der Waals surface area contributed by atoms with E-state index in [-0.39, 0.29) is 16.9 Å². The van der Waals surface area contributed by atoms with Gasteiger partial charge >= 0.3 is 0 Å². The second kappa shape index (κ2) is 11.6. The number of phenols is 2. The van der Waals surface area contributed by atoms with Gasteiger partial charge in [-0.3, -0.25) is 4.57 Å². The van der Waals surface area contributed by atoms with Crippen LogP contribution in [0, 0.1) is 0 Å². The number of rotatable bonds is 12. The highest BCUT2D eigenvalue weighted by Gasteiger charge is 2.26. The normalized spacial score (nSPS) is 11.8. The number of hydrogen-bond donors (Lipinski definition) is 2. The molecule has 0 aliphatic carbocycles. The van der Waals surface area contributed by atoms with E-state index in [0.717, 1.165) is 62.0 Å². The van der Waals surface area contributed by atoms with Crippen LogP contribution in [0.2, 0.25) is 0 Å². The van der Waals surface area contributed by atoms with Gasteiger partial charge in [0, 0.05) is 17.7 Å². The molecule has 0 saturated carbocycles. The summed E-state index contributed by atoms with van der Waals surface area (Å²) in [5.41, 5.74) is 1.57. The molecule has 0 aliphatic heterocycles. The van der Waals surface area contributed by atoms with Crippen LogP contribution in [0.4, 0.5) is 0 Å². The lowest BCUT2D eigenvalue weighted by Crippen LogP contribution is -2.17. The summed E-state index contributed by atoms with van der Waals surface area (Å²) in [4.78, 5) is 0.574. The topological polar surface area (TPSA) is 71.2 Å². The number of unbranched alkanes of at least 4 members (excludes halogenated alkanes) is 4. The van der Waals surface area contributed by atoms with Crippen LogP contribution in [0.1, 0.15) is 84.0 Å². The van der Waals surface area contributed by atoms with Gasteiger partial charge in [0.25, 0.3) is 0 Å². The standard InChI is InChI=1S/C27H37N3O2S/c1-5-7-10-16-25-28-29-26(30(25)20-14-11-9-12-15-20)33-24-19-22(31)21(18-23(24)32)27(3,4)17-13-8-6-2/h9,11-12,14-15,18-19,31-32H,5-8,10,13,16-17H2,1-4H3. The van der Waals surface area contributed by atoms with E-state index >= 15 is 0 Å². The number of para-hydroxylation sites is 1. The highest BCUT2D eigenvalue weighted by molar-refractivity contribution is 7.99. The molecule has 3 aromatic rings. The maximum absolute atomic E-state index is 10.9. The number of phenolic OH excluding ortho intramolecular Hbond substituents is 2. The van der Waals surface area contributed by atoms with Crippen molar-refractivity contribution in [1.29, 1.82) is 0 Å². The molecule has 0 spiro atoms. The van der Waals surface area contributed by atoms with Crippen LogP contribution < -0.4 is 0 Å². The Balaban J connectivity index is 1.91. The van der Waals surface area contributed by atoms with Crippen molar-refractivity contribution in [3.63, 3.8) is 0 Å². The Hall–Kier alpha value is -2.47. The van der Waals surface area contributed by atoms with E-state index in [4.69, 9.17) is 0 Å². The number of aromatic hydroxyl groups is 2. The molecule has 6 heteroatoms. The molecule has 0 amide bonds. The second-order valence-electron chi connectivity index (χ2n) is 9.31. The highest BCUT2D eigenvalue weighted by atomic mass is 32.2. The van der Waals surface area contributed by atoms with Crippen LogP contribution in [0.3, 0.4) is 0 Å². The third-order valence-corrected chi connectivity index (χ3v) is 7.13. The average molecular weight is 468 g/mol. The van der Waals surface area contributed by atoms with Gasteiger partial charge in [0.15, 0.2) is 0 Å². The van der Waals surface area contributed by atoms with Crippen molar-refractivity contribution in [3.05, 3.63) is 53.9 Å². The Kier molecular flexibility index (Phi) is 8.84. The van der Waals surface area contributed by atoms with Gasteiger partial charge < -0.3 is 10.2 Å². The predicted molar refractivity (Wildman–Crippen MR) is 136 cm³/mol. The van der Waals surface area contributed by atoms with Gasteiger partial charge in [0.1, 0.15) is 17.3 Å². The molecule has 0 fully saturated rings. The number of hydrogen-bond acceptors (Lipinski definition) is 5. The van der Waals surface area contributed by atoms with Crippen molar-refractivity contribution >= 4 is 11.8 Å². The van der Waals surface area contributed by atoms with Crippen molar-refractivity contribution in [2.75, 3.05) is 0 Å². The molecule has 1 aromatic heterocycles. The van der Waals surface area contributed by atoms with Crippen LogP contribution in [-0.2, 0) is 11.8 Å². The molecule has 33 heavy (non-hydrogen) atoms. The Labute approximate surface area is 202 Å². The van der Waals surface area contributed by atoms with E-state index in [1.165, 1.54) is 18.2 Å². The number of aryl methyl sites for hydroxylation is 1. The lowest BCUT2D eigenvalue weighted by molar-refractivity contribution is 0.398. The van der Waals surface area contributed by atoms with Crippen molar-refractivity contribution < 1.29 is 10.2 Å². The average Bonchev–Trinajstić information content (AvgIpc) is 3.19. The van der Waals surface area contributed by atoms with Gasteiger partial charge in [0.05, 0.1) is 4.90 Å². The Bertz CT molecular complexity index is 1030. The minimum absolute atomic E-state index is 0.159. The monoisotopic (exact) mass is 467 g/mol. The van der Waals surface area contributed by atoms with E-state index in [1.54, 1.807) is 12.1 Å². The molecule has 3 rings (SSSR count). The Morgan fingerprint density at radius 2 is 1.58 bits per heavy atom. The van der Waals surface area contributed by atoms with E-state index < -0.39 is 0 Å². The van der Waals surface area contributed by atoms with Crippen molar-refractivity contribution in [3.8, 4) is 17.2 Å². The summed E-state index contributed by atoms with van der Waals surface area (Å²) in [5.74, 6) is 1.28. The lowest BCUT2D eigenvalue weighted by Gasteiger charge is -2.27. The zero-order chi connectivity index (χ0) is 23.8. The smallest absolute Gasteiger partial charge is 0.200 e. The van der Waals surface area contributed by atoms with Gasteiger partial charge in [-0.05, 0) is 54.3 Å². The molecule has 178 valence electrons. The van der Waals surface area contributed by atoms with Gasteiger partial charge in [0.2, 0.25) is 5.16 Å². The van der Waals surface area contributed by atoms with Gasteiger partial charge in [-0.1, -0.05) is 78.0 Å². The first kappa shape index (κ1) is 25.2. The molecule has 5 nitrogen and oxygen atoms in total. The number of nitrogens with zero attached hydrogens (tertiary/aromatic N) is 3. The molecule has 0 aliphatic rings. The zero-order valence-electron chi connectivity index (χ0n) is 20.3. The quantitative estimate of drug-likeness (QED) is 0.214. The summed E-state index contributed by atoms with van der Waals surface area (Å²) in [6, 6.07) is 13.4. The molecule has 1 heterocycles. The summed E-state index contributed by atoms with van der Waals surface area (Å²) in [5, 5.41) is 31.3. The fourth-order valence-electron chi connectivity index (χ4n) is 4.13. The summed E-state index contributed by atoms with van der Waals surface area (Å²) < 4.78 is 2.05. The zero-order valence-corrected chi connectivity index (χ0v) is 21.2. The van der Waals surface area contributed by atoms with E-state index in [1.807, 2.05) is 30.3 Å². The maximum Gasteiger partial charge on any atom is 0.200 e. The second-order valence-corrected chi connectivity index (χ2v) is 10.3. The number of benzene rings is 2. The summed E-state index contributed by atoms with van der Waals surface area (Å²) in [7, 11) is 0. The molecule has 0 saturated heterocycles. The molecular weight excluding hydrogens is 430 g/mol. The Morgan fingerprint density at radius 3 is 2.27 bits per heavy atom. The van der Waals surface area contributed by atoms with Crippen LogP contribution >= 0.6 is 11.8 Å². The highest BCUT2D eigenvalue weighted by Crippen LogP contribution is 2.43. The first-order valence-electron chi connectivity index (χ1n) is 12.1. The van der Waals surface area contributed by atoms with Crippen LogP contribution in [0.5, 0.6) is 11.5 Å². The predicted octanol–water partition coefficient (Wildman–Crippen LogP) is 7.42. The van der Waals surface area contributed by atoms with Crippen LogP contribution in [-0.4, -0.2) is 25.0 Å². The number of aromatic nitrogens is 3. The largest absolute Gasteiger partial charge is 0.508 e. The minimum Gasteiger partial charge on any atom is -0.508 e. The molecule has 2 aromatic carbocycles. The third-order valence-electron chi connectivity index (χ3n) is 6.13. The van der Waals surface area contributed by atoms with Crippen LogP contribution in [0.25, 0.3) is 5.69 Å². The van der Waals surface area contributed by atoms with E-state index in [2.05, 4.69) is 42.5 Å². The van der Waals surface area contributed by atoms with Gasteiger partial charge in [-0.15, -0.1) is 10.2 Å². The molecule has 0 radical (unpaired) electrons. The minimum atomic E-state index is -0.212. The first-order valence-corrected chi connectivity index (χ1v) is 12.9. The van der Waals surface area contributed by atoms with Crippen molar-refractivity contribution in [2.45, 2.75) is 94.5 Å². The summed E-state index contributed by atoms with van der Waals surface area (Å²) in [6.07, 6.45) is 8.58. The lowest BCUT2D eigenvalue weighted by atomic mass is 9.79. The van der Waals surface area contributed by atoms with Crippen LogP contribution in [0.15, 0.2) is 52.5 Å². The van der Waals surface area contributed by atoms with E-state index in [9.17, 15) is 10.2 Å². The third kappa shape index (κ3) is 6.32. The molecule has 0 atom stereocenters. The van der Waals surface area contributed by atoms with Gasteiger partial charge in [-0.2, -0.15) is 0 Å². The van der Waals surface area contributed by atoms with E-state index in [0.29, 0.717) is 10.1 Å². The molecule has 0 unspecified atom stereocenters. The van der Waals surface area contributed by atoms with Gasteiger partial charge in [-0.25, -0.2) is 0 Å². The molecule has 2 N–H and O–H groups in total. The van der Waals surface area contributed by atoms with Crippen molar-refractivity contribution in [2.24, 2.45) is 0 Å². The fraction of sp³-hybridized carbons (Fsp3) is 0.481. The molecule has 0 bridgehead atoms. The summed E-state index contributed by atoms with van der Waals surface area (Å²) in [6.45, 7) is 8.62. The molecular formula is C27H37N3O2S. The summed E-state index contributed by atoms with van der Waals surface area (Å²) >= 11 is 1.33. The fourth-order valence-corrected chi connectivity index (χ4v) is 5.04. The Morgan fingerprint density at radius 1 is 0.879 bits per heavy atom. The first-order chi connectivity index (χ1) is 15.9. The SMILES string of the molecule is CCCCCc1nnc(Sc2cc(O)c(C(C)(C)CCCCC)cc2O)n1-c1ccccc1. The van der Waals surface area contributed by atoms with Crippen molar-refractivity contribution in [1.82, 2.24) is 14.8 Å². The maximum atomic E-state index is 10.9.